The van der Waals surface area contributed by atoms with Crippen LogP contribution in [0.5, 0.6) is 0 Å². The van der Waals surface area contributed by atoms with Crippen molar-refractivity contribution in [1.29, 1.82) is 0 Å². The first-order valence-electron chi connectivity index (χ1n) is 21.6. The van der Waals surface area contributed by atoms with Crippen molar-refractivity contribution in [3.8, 4) is 50.2 Å². The summed E-state index contributed by atoms with van der Waals surface area (Å²) < 4.78 is 2.55. The van der Waals surface area contributed by atoms with E-state index in [1.165, 1.54) is 122 Å². The quantitative estimate of drug-likeness (QED) is 0.185. The number of para-hydroxylation sites is 2. The minimum Gasteiger partial charge on any atom is -0.374 e. The monoisotopic (exact) mass is 776 g/mol. The van der Waals surface area contributed by atoms with Crippen molar-refractivity contribution >= 4 is 27.5 Å². The van der Waals surface area contributed by atoms with Crippen LogP contribution in [0.1, 0.15) is 64.4 Å². The number of hydrogen-bond donors (Lipinski definition) is 1. The van der Waals surface area contributed by atoms with Gasteiger partial charge in [-0.25, -0.2) is 0 Å². The lowest BCUT2D eigenvalue weighted by Crippen LogP contribution is -2.26. The number of rotatable bonds is 2. The molecular weight excluding hydrogens is 737 g/mol. The molecule has 0 saturated heterocycles. The van der Waals surface area contributed by atoms with E-state index in [-0.39, 0.29) is 11.5 Å². The summed E-state index contributed by atoms with van der Waals surface area (Å²) in [5.41, 5.74) is 25.8. The summed E-state index contributed by atoms with van der Waals surface area (Å²) in [6.45, 7) is 4.80. The van der Waals surface area contributed by atoms with Crippen LogP contribution < -0.4 is 5.32 Å². The maximum atomic E-state index is 4.08. The Morgan fingerprint density at radius 2 is 1.05 bits per heavy atom. The van der Waals surface area contributed by atoms with Gasteiger partial charge in [-0.05, 0) is 108 Å². The molecule has 14 rings (SSSR count). The maximum Gasteiger partial charge on any atom is 0.0774 e. The summed E-state index contributed by atoms with van der Waals surface area (Å²) in [5, 5.41) is 6.66. The van der Waals surface area contributed by atoms with Crippen LogP contribution in [0.4, 0.5) is 5.69 Å². The molecule has 1 N–H and O–H groups in total. The largest absolute Gasteiger partial charge is 0.374 e. The van der Waals surface area contributed by atoms with E-state index in [0.29, 0.717) is 0 Å². The Bertz CT molecular complexity index is 3520. The number of aromatic nitrogens is 1. The molecule has 1 aromatic heterocycles. The molecule has 2 heterocycles. The fourth-order valence-corrected chi connectivity index (χ4v) is 12.5. The van der Waals surface area contributed by atoms with Gasteiger partial charge in [0, 0.05) is 33.1 Å². The van der Waals surface area contributed by atoms with E-state index in [2.05, 4.69) is 218 Å². The molecular formula is C59H40N2. The molecule has 3 aliphatic carbocycles. The van der Waals surface area contributed by atoms with Crippen LogP contribution in [-0.2, 0) is 10.8 Å². The molecule has 0 radical (unpaired) electrons. The third-order valence-corrected chi connectivity index (χ3v) is 14.8. The van der Waals surface area contributed by atoms with Crippen LogP contribution in [0.25, 0.3) is 72.0 Å². The number of benzene rings is 9. The molecule has 0 fully saturated rings. The van der Waals surface area contributed by atoms with E-state index in [1.54, 1.807) is 0 Å². The Hall–Kier alpha value is -7.42. The Morgan fingerprint density at radius 1 is 0.443 bits per heavy atom. The summed E-state index contributed by atoms with van der Waals surface area (Å²) in [7, 11) is 0. The number of hydrogen-bond acceptors (Lipinski definition) is 1. The molecule has 9 aromatic carbocycles. The van der Waals surface area contributed by atoms with Crippen molar-refractivity contribution in [3.05, 3.63) is 239 Å². The number of anilines is 1. The second-order valence-electron chi connectivity index (χ2n) is 18.0. The normalized spacial score (nSPS) is 16.3. The second-order valence-corrected chi connectivity index (χ2v) is 18.0. The second kappa shape index (κ2) is 11.6. The summed E-state index contributed by atoms with van der Waals surface area (Å²) >= 11 is 0. The molecule has 286 valence electrons. The molecule has 61 heavy (non-hydrogen) atoms. The van der Waals surface area contributed by atoms with Crippen LogP contribution in [-0.4, -0.2) is 4.57 Å². The van der Waals surface area contributed by atoms with E-state index in [4.69, 9.17) is 0 Å². The molecule has 10 aromatic rings. The van der Waals surface area contributed by atoms with Gasteiger partial charge in [0.05, 0.1) is 22.5 Å². The van der Waals surface area contributed by atoms with Gasteiger partial charge in [0.1, 0.15) is 0 Å². The van der Waals surface area contributed by atoms with E-state index in [9.17, 15) is 0 Å². The lowest BCUT2D eigenvalue weighted by atomic mass is 9.70. The standard InChI is InChI=1S/C59H40N2/c1-58(2)46-24-9-3-20-39(46)41-30-31-42-40-21-8-14-29-52(40)61(57(42)55(41)58)36-17-15-16-35(34-36)56-45-32-33-50-54(53(45)44-23-7-13-28-51(44)60-56)43-22-6-12-27-49(43)59(50)47-25-10-4-18-37(47)38-19-5-11-26-48(38)59/h3-34,56,60H,1-2H3. The van der Waals surface area contributed by atoms with Gasteiger partial charge in [-0.2, -0.15) is 0 Å². The highest BCUT2D eigenvalue weighted by Gasteiger charge is 2.53. The van der Waals surface area contributed by atoms with E-state index < -0.39 is 5.41 Å². The zero-order valence-electron chi connectivity index (χ0n) is 34.0. The summed E-state index contributed by atoms with van der Waals surface area (Å²) in [5.74, 6) is 0. The smallest absolute Gasteiger partial charge is 0.0774 e. The van der Waals surface area contributed by atoms with Crippen LogP contribution in [0.3, 0.4) is 0 Å². The van der Waals surface area contributed by atoms with E-state index >= 15 is 0 Å². The molecule has 0 bridgehead atoms. The first-order valence-corrected chi connectivity index (χ1v) is 21.6. The molecule has 0 amide bonds. The third kappa shape index (κ3) is 4.04. The molecule has 2 heteroatoms. The van der Waals surface area contributed by atoms with E-state index in [1.807, 2.05) is 0 Å². The maximum absolute atomic E-state index is 4.08. The van der Waals surface area contributed by atoms with Gasteiger partial charge in [0.2, 0.25) is 0 Å². The molecule has 1 unspecified atom stereocenters. The van der Waals surface area contributed by atoms with Crippen LogP contribution in [0, 0.1) is 0 Å². The Balaban J connectivity index is 1.02. The predicted molar refractivity (Wildman–Crippen MR) is 252 cm³/mol. The minimum absolute atomic E-state index is 0.0680. The fraction of sp³-hybridized carbons (Fsp3) is 0.0847. The zero-order valence-corrected chi connectivity index (χ0v) is 34.0. The van der Waals surface area contributed by atoms with Crippen molar-refractivity contribution in [2.75, 3.05) is 5.32 Å². The lowest BCUT2D eigenvalue weighted by Gasteiger charge is -2.34. The van der Waals surface area contributed by atoms with Crippen molar-refractivity contribution < 1.29 is 0 Å². The molecule has 1 aliphatic heterocycles. The highest BCUT2D eigenvalue weighted by molar-refractivity contribution is 6.13. The van der Waals surface area contributed by atoms with Crippen molar-refractivity contribution in [2.24, 2.45) is 0 Å². The van der Waals surface area contributed by atoms with E-state index in [0.717, 1.165) is 0 Å². The van der Waals surface area contributed by atoms with Crippen molar-refractivity contribution in [2.45, 2.75) is 30.7 Å². The fourth-order valence-electron chi connectivity index (χ4n) is 12.5. The predicted octanol–water partition coefficient (Wildman–Crippen LogP) is 14.6. The van der Waals surface area contributed by atoms with Crippen LogP contribution in [0.2, 0.25) is 0 Å². The topological polar surface area (TPSA) is 17.0 Å². The van der Waals surface area contributed by atoms with Crippen LogP contribution >= 0.6 is 0 Å². The molecule has 1 spiro atoms. The number of nitrogens with one attached hydrogen (secondary N) is 1. The van der Waals surface area contributed by atoms with Crippen LogP contribution in [0.15, 0.2) is 194 Å². The van der Waals surface area contributed by atoms with Gasteiger partial charge >= 0.3 is 0 Å². The van der Waals surface area contributed by atoms with Crippen molar-refractivity contribution in [1.82, 2.24) is 4.57 Å². The van der Waals surface area contributed by atoms with Gasteiger partial charge in [0.15, 0.2) is 0 Å². The first-order chi connectivity index (χ1) is 30.0. The Labute approximate surface area is 355 Å². The summed E-state index contributed by atoms with van der Waals surface area (Å²) in [6.07, 6.45) is 0. The highest BCUT2D eigenvalue weighted by Crippen LogP contribution is 2.65. The Kier molecular flexibility index (Phi) is 6.38. The highest BCUT2D eigenvalue weighted by atomic mass is 15.0. The SMILES string of the molecule is CC1(C)c2ccccc2-c2ccc3c4ccccc4n(-c4cccc(C5Nc6ccccc6-c6c5ccc5c6-c6ccccc6C56c5ccccc5-c5ccccc56)c4)c3c21. The Morgan fingerprint density at radius 3 is 1.80 bits per heavy atom. The van der Waals surface area contributed by atoms with Gasteiger partial charge in [0.25, 0.3) is 0 Å². The lowest BCUT2D eigenvalue weighted by molar-refractivity contribution is 0.664. The summed E-state index contributed by atoms with van der Waals surface area (Å²) in [6, 6.07) is 73.2. The first kappa shape index (κ1) is 33.4. The molecule has 4 aliphatic rings. The average Bonchev–Trinajstić information content (AvgIpc) is 3.99. The van der Waals surface area contributed by atoms with Crippen molar-refractivity contribution in [3.63, 3.8) is 0 Å². The van der Waals surface area contributed by atoms with Gasteiger partial charge in [-0.15, -0.1) is 0 Å². The van der Waals surface area contributed by atoms with Gasteiger partial charge < -0.3 is 9.88 Å². The molecule has 1 atom stereocenters. The van der Waals surface area contributed by atoms with Gasteiger partial charge in [-0.3, -0.25) is 0 Å². The zero-order chi connectivity index (χ0) is 40.2. The summed E-state index contributed by atoms with van der Waals surface area (Å²) in [4.78, 5) is 0. The third-order valence-electron chi connectivity index (χ3n) is 14.8. The molecule has 0 saturated carbocycles. The average molecular weight is 777 g/mol. The number of nitrogens with zero attached hydrogens (tertiary/aromatic N) is 1. The number of fused-ring (bicyclic) bond motifs is 21. The van der Waals surface area contributed by atoms with Gasteiger partial charge in [-0.1, -0.05) is 184 Å². The molecule has 2 nitrogen and oxygen atoms in total. The minimum atomic E-state index is -0.395.